The second-order valence-electron chi connectivity index (χ2n) is 5.48. The summed E-state index contributed by atoms with van der Waals surface area (Å²) in [5, 5.41) is 18.8. The van der Waals surface area contributed by atoms with E-state index in [1.54, 1.807) is 13.8 Å². The van der Waals surface area contributed by atoms with E-state index in [-0.39, 0.29) is 18.9 Å². The number of allylic oxidation sites excluding steroid dienone is 2. The molecule has 0 fully saturated rings. The van der Waals surface area contributed by atoms with E-state index in [2.05, 4.69) is 11.1 Å². The summed E-state index contributed by atoms with van der Waals surface area (Å²) in [6, 6.07) is 9.49. The zero-order valence-electron chi connectivity index (χ0n) is 11.9. The van der Waals surface area contributed by atoms with Gasteiger partial charge in [-0.2, -0.15) is 5.26 Å². The first-order valence-electron chi connectivity index (χ1n) is 6.79. The van der Waals surface area contributed by atoms with Crippen LogP contribution in [-0.2, 0) is 0 Å². The molecule has 0 unspecified atom stereocenters. The van der Waals surface area contributed by atoms with Crippen molar-refractivity contribution < 1.29 is 9.90 Å². The number of aliphatic hydroxyl groups excluding tert-OH is 1. The first-order chi connectivity index (χ1) is 10.0. The van der Waals surface area contributed by atoms with Gasteiger partial charge in [-0.3, -0.25) is 9.36 Å². The molecule has 0 saturated heterocycles. The van der Waals surface area contributed by atoms with Crippen LogP contribution < -0.4 is 0 Å². The Morgan fingerprint density at radius 1 is 1.43 bits per heavy atom. The number of carbonyl (C=O) groups excluding carboxylic acids is 1. The monoisotopic (exact) mass is 281 g/mol. The molecule has 0 radical (unpaired) electrons. The number of nitrogens with zero attached hydrogens (tertiary/aromatic N) is 3. The van der Waals surface area contributed by atoms with Gasteiger partial charge in [0.25, 0.3) is 0 Å². The van der Waals surface area contributed by atoms with E-state index < -0.39 is 5.41 Å². The van der Waals surface area contributed by atoms with Crippen LogP contribution in [-0.4, -0.2) is 27.2 Å². The number of imidazole rings is 1. The Bertz CT molecular complexity index is 826. The second kappa shape index (κ2) is 4.54. The van der Waals surface area contributed by atoms with Crippen LogP contribution in [0.1, 0.15) is 30.9 Å². The summed E-state index contributed by atoms with van der Waals surface area (Å²) >= 11 is 0. The van der Waals surface area contributed by atoms with Gasteiger partial charge < -0.3 is 5.11 Å². The van der Waals surface area contributed by atoms with Gasteiger partial charge in [0, 0.05) is 6.61 Å². The molecule has 2 heterocycles. The van der Waals surface area contributed by atoms with Gasteiger partial charge in [0.2, 0.25) is 5.91 Å². The number of fused-ring (bicyclic) bond motifs is 3. The van der Waals surface area contributed by atoms with Gasteiger partial charge in [-0.1, -0.05) is 12.1 Å². The van der Waals surface area contributed by atoms with Crippen LogP contribution in [0.3, 0.4) is 0 Å². The zero-order chi connectivity index (χ0) is 15.2. The van der Waals surface area contributed by atoms with Crippen LogP contribution in [0.15, 0.2) is 29.8 Å². The normalized spacial score (nSPS) is 21.5. The second-order valence-corrected chi connectivity index (χ2v) is 5.48. The summed E-state index contributed by atoms with van der Waals surface area (Å²) < 4.78 is 1.51. The SMILES string of the molecule is CC1=C(C#N)c2nc3ccccc3n2C(=O)[C@@]1(C)CCO. The van der Waals surface area contributed by atoms with E-state index in [1.165, 1.54) is 4.57 Å². The fraction of sp³-hybridized carbons (Fsp3) is 0.312. The first-order valence-corrected chi connectivity index (χ1v) is 6.79. The van der Waals surface area contributed by atoms with Crippen molar-refractivity contribution in [1.82, 2.24) is 9.55 Å². The number of nitriles is 1. The lowest BCUT2D eigenvalue weighted by Gasteiger charge is -2.33. The van der Waals surface area contributed by atoms with E-state index in [0.29, 0.717) is 28.0 Å². The first kappa shape index (κ1) is 13.5. The minimum Gasteiger partial charge on any atom is -0.396 e. The highest BCUT2D eigenvalue weighted by atomic mass is 16.3. The van der Waals surface area contributed by atoms with Gasteiger partial charge in [0.05, 0.1) is 22.0 Å². The summed E-state index contributed by atoms with van der Waals surface area (Å²) in [6.45, 7) is 3.44. The van der Waals surface area contributed by atoms with Crippen molar-refractivity contribution in [3.05, 3.63) is 35.7 Å². The highest BCUT2D eigenvalue weighted by molar-refractivity contribution is 6.03. The Kier molecular flexibility index (Phi) is 2.92. The largest absolute Gasteiger partial charge is 0.396 e. The molecule has 0 amide bonds. The molecule has 1 N–H and O–H groups in total. The molecular formula is C16H15N3O2. The molecule has 3 rings (SSSR count). The molecule has 1 aromatic heterocycles. The van der Waals surface area contributed by atoms with Crippen molar-refractivity contribution >= 4 is 22.5 Å². The molecule has 0 bridgehead atoms. The van der Waals surface area contributed by atoms with Gasteiger partial charge in [-0.05, 0) is 38.0 Å². The number of aliphatic hydroxyl groups is 1. The van der Waals surface area contributed by atoms with Crippen molar-refractivity contribution in [3.8, 4) is 6.07 Å². The lowest BCUT2D eigenvalue weighted by molar-refractivity contribution is 0.0724. The maximum absolute atomic E-state index is 12.9. The Hall–Kier alpha value is -2.45. The molecule has 1 aliphatic heterocycles. The topological polar surface area (TPSA) is 78.9 Å². The minimum atomic E-state index is -0.879. The molecule has 0 saturated carbocycles. The quantitative estimate of drug-likeness (QED) is 0.916. The van der Waals surface area contributed by atoms with Crippen molar-refractivity contribution in [2.75, 3.05) is 6.61 Å². The Morgan fingerprint density at radius 2 is 2.14 bits per heavy atom. The maximum Gasteiger partial charge on any atom is 0.243 e. The van der Waals surface area contributed by atoms with Crippen LogP contribution in [0, 0.1) is 16.7 Å². The van der Waals surface area contributed by atoms with E-state index in [4.69, 9.17) is 0 Å². The van der Waals surface area contributed by atoms with Crippen LogP contribution in [0.5, 0.6) is 0 Å². The third-order valence-electron chi connectivity index (χ3n) is 4.39. The summed E-state index contributed by atoms with van der Waals surface area (Å²) in [5.74, 6) is 0.258. The van der Waals surface area contributed by atoms with Crippen LogP contribution in [0.25, 0.3) is 16.6 Å². The third kappa shape index (κ3) is 1.66. The Morgan fingerprint density at radius 3 is 2.81 bits per heavy atom. The predicted molar refractivity (Wildman–Crippen MR) is 78.4 cm³/mol. The number of carbonyl (C=O) groups is 1. The number of hydrogen-bond acceptors (Lipinski definition) is 4. The van der Waals surface area contributed by atoms with Gasteiger partial charge in [0.15, 0.2) is 5.82 Å². The molecule has 21 heavy (non-hydrogen) atoms. The Labute approximate surface area is 122 Å². The molecule has 5 nitrogen and oxygen atoms in total. The van der Waals surface area contributed by atoms with E-state index in [0.717, 1.165) is 0 Å². The minimum absolute atomic E-state index is 0.111. The summed E-state index contributed by atoms with van der Waals surface area (Å²) in [7, 11) is 0. The van der Waals surface area contributed by atoms with Gasteiger partial charge in [0.1, 0.15) is 6.07 Å². The number of hydrogen-bond donors (Lipinski definition) is 1. The highest BCUT2D eigenvalue weighted by Crippen LogP contribution is 2.42. The lowest BCUT2D eigenvalue weighted by atomic mass is 9.75. The van der Waals surface area contributed by atoms with Crippen LogP contribution >= 0.6 is 0 Å². The predicted octanol–water partition coefficient (Wildman–Crippen LogP) is 2.38. The summed E-state index contributed by atoms with van der Waals surface area (Å²) in [4.78, 5) is 17.4. The lowest BCUT2D eigenvalue weighted by Crippen LogP contribution is -2.39. The van der Waals surface area contributed by atoms with Crippen LogP contribution in [0.4, 0.5) is 0 Å². The fourth-order valence-electron chi connectivity index (χ4n) is 2.90. The van der Waals surface area contributed by atoms with Gasteiger partial charge >= 0.3 is 0 Å². The Balaban J connectivity index is 2.40. The molecule has 0 aliphatic carbocycles. The fourth-order valence-corrected chi connectivity index (χ4v) is 2.90. The average Bonchev–Trinajstić information content (AvgIpc) is 2.85. The van der Waals surface area contributed by atoms with Gasteiger partial charge in [-0.25, -0.2) is 4.98 Å². The standard InChI is InChI=1S/C16H15N3O2/c1-10-11(9-17)14-18-12-5-3-4-6-13(12)19(14)15(21)16(10,2)7-8-20/h3-6,20H,7-8H2,1-2H3/t16-/m0/s1. The van der Waals surface area contributed by atoms with E-state index >= 15 is 0 Å². The molecule has 106 valence electrons. The smallest absolute Gasteiger partial charge is 0.243 e. The van der Waals surface area contributed by atoms with E-state index in [1.807, 2.05) is 24.3 Å². The summed E-state index contributed by atoms with van der Waals surface area (Å²) in [5.41, 5.74) is 1.60. The average molecular weight is 281 g/mol. The molecule has 0 spiro atoms. The van der Waals surface area contributed by atoms with Gasteiger partial charge in [-0.15, -0.1) is 0 Å². The molecular weight excluding hydrogens is 266 g/mol. The van der Waals surface area contributed by atoms with Crippen molar-refractivity contribution in [1.29, 1.82) is 5.26 Å². The number of aromatic nitrogens is 2. The van der Waals surface area contributed by atoms with Crippen molar-refractivity contribution in [2.24, 2.45) is 5.41 Å². The third-order valence-corrected chi connectivity index (χ3v) is 4.39. The molecule has 1 aliphatic rings. The van der Waals surface area contributed by atoms with Crippen molar-refractivity contribution in [3.63, 3.8) is 0 Å². The number of benzene rings is 1. The number of para-hydroxylation sites is 2. The molecule has 1 atom stereocenters. The zero-order valence-corrected chi connectivity index (χ0v) is 11.9. The summed E-state index contributed by atoms with van der Waals surface area (Å²) in [6.07, 6.45) is 0.287. The number of rotatable bonds is 2. The molecule has 2 aromatic rings. The van der Waals surface area contributed by atoms with Crippen LogP contribution in [0.2, 0.25) is 0 Å². The molecule has 1 aromatic carbocycles. The highest BCUT2D eigenvalue weighted by Gasteiger charge is 2.43. The van der Waals surface area contributed by atoms with E-state index in [9.17, 15) is 15.2 Å². The molecule has 5 heteroatoms. The van der Waals surface area contributed by atoms with Crippen molar-refractivity contribution in [2.45, 2.75) is 20.3 Å². The maximum atomic E-state index is 12.9.